The van der Waals surface area contributed by atoms with E-state index in [4.69, 9.17) is 17.2 Å². The third-order valence-corrected chi connectivity index (χ3v) is 7.91. The Balaban J connectivity index is 1.73. The lowest BCUT2D eigenvalue weighted by atomic mass is 9.99. The van der Waals surface area contributed by atoms with Crippen LogP contribution in [0, 0.1) is 12.8 Å². The number of thiocarbonyl (C=S) groups is 1. The predicted octanol–water partition coefficient (Wildman–Crippen LogP) is 5.02. The Morgan fingerprint density at radius 1 is 1.21 bits per heavy atom. The van der Waals surface area contributed by atoms with Gasteiger partial charge < -0.3 is 4.90 Å². The molecule has 0 unspecified atom stereocenters. The van der Waals surface area contributed by atoms with Gasteiger partial charge in [-0.2, -0.15) is 0 Å². The monoisotopic (exact) mass is 484 g/mol. The fraction of sp³-hybridized carbons (Fsp3) is 0.520. The number of fused-ring (bicyclic) bond motifs is 1. The van der Waals surface area contributed by atoms with Gasteiger partial charge in [-0.15, -0.1) is 0 Å². The Labute approximate surface area is 205 Å². The average Bonchev–Trinajstić information content (AvgIpc) is 3.06. The maximum atomic E-state index is 13.6. The van der Waals surface area contributed by atoms with Crippen LogP contribution < -0.4 is 10.5 Å². The Kier molecular flexibility index (Phi) is 7.54. The second kappa shape index (κ2) is 10.4. The van der Waals surface area contributed by atoms with E-state index in [0.29, 0.717) is 38.7 Å². The van der Waals surface area contributed by atoms with Crippen molar-refractivity contribution in [3.8, 4) is 0 Å². The number of nitrogens with zero attached hydrogens (tertiary/aromatic N) is 4. The van der Waals surface area contributed by atoms with Crippen LogP contribution in [0.4, 0.5) is 5.82 Å². The van der Waals surface area contributed by atoms with Crippen LogP contribution in [0.15, 0.2) is 28.0 Å². The number of carbonyl (C=O) groups excluding carboxylic acids is 1. The van der Waals surface area contributed by atoms with E-state index in [0.717, 1.165) is 57.2 Å². The van der Waals surface area contributed by atoms with E-state index in [1.54, 1.807) is 21.6 Å². The molecule has 0 atom stereocenters. The van der Waals surface area contributed by atoms with Crippen LogP contribution in [-0.2, 0) is 4.79 Å². The van der Waals surface area contributed by atoms with Crippen LogP contribution in [0.25, 0.3) is 11.7 Å². The molecule has 0 bridgehead atoms. The van der Waals surface area contributed by atoms with Crippen LogP contribution >= 0.6 is 24.0 Å². The van der Waals surface area contributed by atoms with Crippen molar-refractivity contribution in [3.05, 3.63) is 44.7 Å². The molecule has 33 heavy (non-hydrogen) atoms. The normalized spacial score (nSPS) is 18.8. The predicted molar refractivity (Wildman–Crippen MR) is 141 cm³/mol. The molecule has 2 aliphatic heterocycles. The van der Waals surface area contributed by atoms with Crippen LogP contribution in [-0.4, -0.2) is 44.1 Å². The maximum absolute atomic E-state index is 13.6. The third kappa shape index (κ3) is 5.01. The van der Waals surface area contributed by atoms with Gasteiger partial charge in [0.25, 0.3) is 11.5 Å². The molecule has 0 spiro atoms. The highest BCUT2D eigenvalue weighted by Gasteiger charge is 2.32. The highest BCUT2D eigenvalue weighted by atomic mass is 32.2. The van der Waals surface area contributed by atoms with Gasteiger partial charge in [0.05, 0.1) is 10.5 Å². The minimum absolute atomic E-state index is 0.103. The lowest BCUT2D eigenvalue weighted by Gasteiger charge is -2.32. The van der Waals surface area contributed by atoms with Gasteiger partial charge in [0.1, 0.15) is 15.8 Å². The van der Waals surface area contributed by atoms with Gasteiger partial charge >= 0.3 is 0 Å². The highest BCUT2D eigenvalue weighted by Crippen LogP contribution is 2.34. The minimum Gasteiger partial charge on any atom is -0.356 e. The van der Waals surface area contributed by atoms with Crippen molar-refractivity contribution < 1.29 is 4.79 Å². The van der Waals surface area contributed by atoms with Crippen LogP contribution in [0.1, 0.15) is 63.5 Å². The summed E-state index contributed by atoms with van der Waals surface area (Å²) < 4.78 is 2.16. The molecule has 2 fully saturated rings. The summed E-state index contributed by atoms with van der Waals surface area (Å²) in [4.78, 5) is 36.1. The van der Waals surface area contributed by atoms with Gasteiger partial charge in [0.15, 0.2) is 0 Å². The number of unbranched alkanes of at least 4 members (excludes halogenated alkanes) is 3. The summed E-state index contributed by atoms with van der Waals surface area (Å²) in [6.45, 7) is 8.74. The van der Waals surface area contributed by atoms with Gasteiger partial charge in [-0.25, -0.2) is 4.98 Å². The largest absolute Gasteiger partial charge is 0.356 e. The lowest BCUT2D eigenvalue weighted by Crippen LogP contribution is -2.36. The molecule has 0 aliphatic carbocycles. The summed E-state index contributed by atoms with van der Waals surface area (Å²) in [5, 5.41) is 0. The maximum Gasteiger partial charge on any atom is 0.267 e. The summed E-state index contributed by atoms with van der Waals surface area (Å²) >= 11 is 6.79. The third-order valence-electron chi connectivity index (χ3n) is 6.53. The summed E-state index contributed by atoms with van der Waals surface area (Å²) in [5.74, 6) is 1.24. The second-order valence-corrected chi connectivity index (χ2v) is 10.8. The zero-order chi connectivity index (χ0) is 23.5. The SMILES string of the molecule is CCCCCCN1C(=O)C(=Cc2c(N3CCC(C)CC3)nc3c(C)cccn3c2=O)SC1=S. The smallest absolute Gasteiger partial charge is 0.267 e. The first-order valence-corrected chi connectivity index (χ1v) is 13.2. The molecular weight excluding hydrogens is 452 g/mol. The number of aromatic nitrogens is 2. The number of rotatable bonds is 7. The standard InChI is InChI=1S/C25H32N4O2S2/c1-4-5-6-7-12-29-24(31)20(33-25(29)32)16-19-22(27-14-10-17(2)11-15-27)26-21-18(3)9-8-13-28(21)23(19)30/h8-9,13,16-17H,4-7,10-12,14-15H2,1-3H3. The summed E-state index contributed by atoms with van der Waals surface area (Å²) in [5.41, 5.74) is 1.94. The molecule has 2 saturated heterocycles. The number of pyridine rings is 1. The van der Waals surface area contributed by atoms with Crippen molar-refractivity contribution in [1.29, 1.82) is 0 Å². The molecule has 2 aromatic heterocycles. The van der Waals surface area contributed by atoms with Gasteiger partial charge in [-0.3, -0.25) is 18.9 Å². The first kappa shape index (κ1) is 24.0. The topological polar surface area (TPSA) is 57.9 Å². The van der Waals surface area contributed by atoms with E-state index in [1.807, 2.05) is 19.1 Å². The Bertz CT molecular complexity index is 1150. The van der Waals surface area contributed by atoms with E-state index < -0.39 is 0 Å². The lowest BCUT2D eigenvalue weighted by molar-refractivity contribution is -0.122. The van der Waals surface area contributed by atoms with Crippen molar-refractivity contribution in [2.75, 3.05) is 24.5 Å². The number of hydrogen-bond acceptors (Lipinski definition) is 6. The van der Waals surface area contributed by atoms with Gasteiger partial charge in [-0.05, 0) is 49.8 Å². The first-order valence-electron chi connectivity index (χ1n) is 11.9. The fourth-order valence-electron chi connectivity index (χ4n) is 4.41. The van der Waals surface area contributed by atoms with Crippen molar-refractivity contribution in [2.24, 2.45) is 5.92 Å². The van der Waals surface area contributed by atoms with Crippen LogP contribution in [0.5, 0.6) is 0 Å². The van der Waals surface area contributed by atoms with Gasteiger partial charge in [-0.1, -0.05) is 63.2 Å². The Hall–Kier alpha value is -2.19. The molecular formula is C25H32N4O2S2. The van der Waals surface area contributed by atoms with Crippen LogP contribution in [0.3, 0.4) is 0 Å². The molecule has 2 aromatic rings. The van der Waals surface area contributed by atoms with Crippen molar-refractivity contribution in [3.63, 3.8) is 0 Å². The quantitative estimate of drug-likeness (QED) is 0.312. The zero-order valence-corrected chi connectivity index (χ0v) is 21.3. The average molecular weight is 485 g/mol. The first-order chi connectivity index (χ1) is 15.9. The van der Waals surface area contributed by atoms with E-state index in [-0.39, 0.29) is 11.5 Å². The molecule has 176 valence electrons. The molecule has 0 saturated carbocycles. The zero-order valence-electron chi connectivity index (χ0n) is 19.7. The van der Waals surface area contributed by atoms with Gasteiger partial charge in [0.2, 0.25) is 0 Å². The van der Waals surface area contributed by atoms with Gasteiger partial charge in [0, 0.05) is 25.8 Å². The number of amides is 1. The number of anilines is 1. The number of carbonyl (C=O) groups is 1. The molecule has 4 rings (SSSR count). The Morgan fingerprint density at radius 2 is 1.97 bits per heavy atom. The van der Waals surface area contributed by atoms with E-state index in [1.165, 1.54) is 11.8 Å². The molecule has 6 nitrogen and oxygen atoms in total. The summed E-state index contributed by atoms with van der Waals surface area (Å²) in [7, 11) is 0. The van der Waals surface area contributed by atoms with Crippen molar-refractivity contribution >= 4 is 51.7 Å². The van der Waals surface area contributed by atoms with E-state index >= 15 is 0 Å². The molecule has 0 aromatic carbocycles. The molecule has 2 aliphatic rings. The fourth-order valence-corrected chi connectivity index (χ4v) is 5.70. The van der Waals surface area contributed by atoms with Crippen molar-refractivity contribution in [2.45, 2.75) is 59.3 Å². The van der Waals surface area contributed by atoms with Crippen molar-refractivity contribution in [1.82, 2.24) is 14.3 Å². The summed E-state index contributed by atoms with van der Waals surface area (Å²) in [6, 6.07) is 3.82. The number of aryl methyl sites for hydroxylation is 1. The second-order valence-electron chi connectivity index (χ2n) is 9.10. The minimum atomic E-state index is -0.148. The number of hydrogen-bond donors (Lipinski definition) is 0. The highest BCUT2D eigenvalue weighted by molar-refractivity contribution is 8.26. The van der Waals surface area contributed by atoms with E-state index in [2.05, 4.69) is 18.7 Å². The molecule has 1 amide bonds. The molecule has 4 heterocycles. The van der Waals surface area contributed by atoms with E-state index in [9.17, 15) is 9.59 Å². The Morgan fingerprint density at radius 3 is 2.70 bits per heavy atom. The molecule has 8 heteroatoms. The summed E-state index contributed by atoms with van der Waals surface area (Å²) in [6.07, 6.45) is 9.92. The molecule has 0 radical (unpaired) electrons. The number of thioether (sulfide) groups is 1. The van der Waals surface area contributed by atoms with Crippen LogP contribution in [0.2, 0.25) is 0 Å². The number of piperidine rings is 1. The molecule has 0 N–H and O–H groups in total.